The van der Waals surface area contributed by atoms with Gasteiger partial charge < -0.3 is 5.32 Å². The van der Waals surface area contributed by atoms with Gasteiger partial charge in [0.25, 0.3) is 0 Å². The molecule has 1 N–H and O–H groups in total. The Labute approximate surface area is 134 Å². The Morgan fingerprint density at radius 2 is 2.00 bits per heavy atom. The first-order chi connectivity index (χ1) is 10.7. The SMILES string of the molecule is CC(NCCC1=CCCCC1)C(=O)c1ccc2c(c1)CCC2. The monoisotopic (exact) mass is 297 g/mol. The molecule has 2 aliphatic carbocycles. The number of nitrogens with one attached hydrogen (secondary N) is 1. The maximum atomic E-state index is 12.5. The number of benzene rings is 1. The van der Waals surface area contributed by atoms with Crippen LogP contribution in [0.2, 0.25) is 0 Å². The first kappa shape index (κ1) is 15.5. The van der Waals surface area contributed by atoms with Crippen molar-refractivity contribution in [3.8, 4) is 0 Å². The highest BCUT2D eigenvalue weighted by Gasteiger charge is 2.18. The number of fused-ring (bicyclic) bond motifs is 1. The summed E-state index contributed by atoms with van der Waals surface area (Å²) in [4.78, 5) is 12.5. The standard InChI is InChI=1S/C20H27NO/c1-15(21-13-12-16-6-3-2-4-7-16)20(22)19-11-10-17-8-5-9-18(17)14-19/h6,10-11,14-15,21H,2-5,7-9,12-13H2,1H3. The normalized spacial score (nSPS) is 18.7. The minimum absolute atomic E-state index is 0.0938. The molecule has 0 saturated carbocycles. The molecule has 0 fully saturated rings. The number of carbonyl (C=O) groups excluding carboxylic acids is 1. The number of allylic oxidation sites excluding steroid dienone is 1. The van der Waals surface area contributed by atoms with Crippen LogP contribution in [0.15, 0.2) is 29.8 Å². The average molecular weight is 297 g/mol. The minimum atomic E-state index is -0.0938. The number of ketones is 1. The molecule has 1 unspecified atom stereocenters. The van der Waals surface area contributed by atoms with Crippen LogP contribution < -0.4 is 5.32 Å². The van der Waals surface area contributed by atoms with Gasteiger partial charge in [0, 0.05) is 5.56 Å². The third kappa shape index (κ3) is 3.67. The topological polar surface area (TPSA) is 29.1 Å². The fourth-order valence-corrected chi connectivity index (χ4v) is 3.65. The number of hydrogen-bond donors (Lipinski definition) is 1. The molecule has 2 aliphatic rings. The van der Waals surface area contributed by atoms with Crippen LogP contribution in [0.5, 0.6) is 0 Å². The van der Waals surface area contributed by atoms with Crippen molar-refractivity contribution >= 4 is 5.78 Å². The van der Waals surface area contributed by atoms with Crippen molar-refractivity contribution < 1.29 is 4.79 Å². The minimum Gasteiger partial charge on any atom is -0.307 e. The van der Waals surface area contributed by atoms with Crippen molar-refractivity contribution in [2.75, 3.05) is 6.54 Å². The van der Waals surface area contributed by atoms with Crippen LogP contribution in [0.4, 0.5) is 0 Å². The van der Waals surface area contributed by atoms with Gasteiger partial charge in [0.2, 0.25) is 0 Å². The zero-order valence-electron chi connectivity index (χ0n) is 13.7. The van der Waals surface area contributed by atoms with Crippen molar-refractivity contribution in [2.24, 2.45) is 0 Å². The molecular formula is C20H27NO. The van der Waals surface area contributed by atoms with E-state index < -0.39 is 0 Å². The van der Waals surface area contributed by atoms with Gasteiger partial charge in [-0.15, -0.1) is 0 Å². The van der Waals surface area contributed by atoms with E-state index in [0.717, 1.165) is 24.9 Å². The quantitative estimate of drug-likeness (QED) is 0.629. The molecule has 1 aromatic carbocycles. The van der Waals surface area contributed by atoms with Crippen molar-refractivity contribution in [1.29, 1.82) is 0 Å². The zero-order valence-corrected chi connectivity index (χ0v) is 13.7. The Bertz CT molecular complexity index is 573. The van der Waals surface area contributed by atoms with Crippen molar-refractivity contribution in [3.63, 3.8) is 0 Å². The van der Waals surface area contributed by atoms with Gasteiger partial charge in [-0.3, -0.25) is 4.79 Å². The number of carbonyl (C=O) groups is 1. The Morgan fingerprint density at radius 3 is 2.82 bits per heavy atom. The van der Waals surface area contributed by atoms with Crippen molar-refractivity contribution in [1.82, 2.24) is 5.32 Å². The molecule has 1 atom stereocenters. The summed E-state index contributed by atoms with van der Waals surface area (Å²) in [6, 6.07) is 6.18. The summed E-state index contributed by atoms with van der Waals surface area (Å²) in [5, 5.41) is 3.41. The van der Waals surface area contributed by atoms with E-state index >= 15 is 0 Å². The number of hydrogen-bond acceptors (Lipinski definition) is 2. The second-order valence-electron chi connectivity index (χ2n) is 6.74. The molecule has 118 valence electrons. The van der Waals surface area contributed by atoms with Crippen LogP contribution in [-0.4, -0.2) is 18.4 Å². The van der Waals surface area contributed by atoms with Gasteiger partial charge >= 0.3 is 0 Å². The summed E-state index contributed by atoms with van der Waals surface area (Å²) >= 11 is 0. The number of Topliss-reactive ketones (excluding diaryl/α,β-unsaturated/α-hetero) is 1. The molecule has 0 heterocycles. The third-order valence-electron chi connectivity index (χ3n) is 5.06. The van der Waals surface area contributed by atoms with E-state index in [4.69, 9.17) is 0 Å². The predicted octanol–water partition coefficient (Wildman–Crippen LogP) is 4.23. The Morgan fingerprint density at radius 1 is 1.14 bits per heavy atom. The second kappa shape index (κ2) is 7.23. The van der Waals surface area contributed by atoms with E-state index in [1.807, 2.05) is 13.0 Å². The fraction of sp³-hybridized carbons (Fsp3) is 0.550. The molecule has 0 aliphatic heterocycles. The van der Waals surface area contributed by atoms with Gasteiger partial charge in [0.1, 0.15) is 0 Å². The van der Waals surface area contributed by atoms with E-state index in [0.29, 0.717) is 0 Å². The van der Waals surface area contributed by atoms with Gasteiger partial charge in [0.15, 0.2) is 5.78 Å². The summed E-state index contributed by atoms with van der Waals surface area (Å²) in [6.07, 6.45) is 12.2. The highest BCUT2D eigenvalue weighted by Crippen LogP contribution is 2.23. The zero-order chi connectivity index (χ0) is 15.4. The Kier molecular flexibility index (Phi) is 5.09. The van der Waals surface area contributed by atoms with E-state index in [1.54, 1.807) is 5.57 Å². The van der Waals surface area contributed by atoms with Crippen molar-refractivity contribution in [2.45, 2.75) is 64.3 Å². The van der Waals surface area contributed by atoms with Gasteiger partial charge in [-0.05, 0) is 82.0 Å². The van der Waals surface area contributed by atoms with Gasteiger partial charge in [-0.1, -0.05) is 23.8 Å². The summed E-state index contributed by atoms with van der Waals surface area (Å²) in [7, 11) is 0. The lowest BCUT2D eigenvalue weighted by atomic mass is 9.97. The van der Waals surface area contributed by atoms with Gasteiger partial charge in [-0.25, -0.2) is 0 Å². The average Bonchev–Trinajstić information content (AvgIpc) is 3.02. The third-order valence-corrected chi connectivity index (χ3v) is 5.06. The lowest BCUT2D eigenvalue weighted by Crippen LogP contribution is -2.34. The lowest BCUT2D eigenvalue weighted by Gasteiger charge is -2.16. The molecule has 22 heavy (non-hydrogen) atoms. The first-order valence-electron chi connectivity index (χ1n) is 8.81. The van der Waals surface area contributed by atoms with Crippen LogP contribution in [0.25, 0.3) is 0 Å². The summed E-state index contributed by atoms with van der Waals surface area (Å²) in [5.41, 5.74) is 5.25. The van der Waals surface area contributed by atoms with Gasteiger partial charge in [0.05, 0.1) is 6.04 Å². The van der Waals surface area contributed by atoms with E-state index in [1.165, 1.54) is 49.7 Å². The smallest absolute Gasteiger partial charge is 0.179 e. The molecule has 1 aromatic rings. The molecule has 0 amide bonds. The van der Waals surface area contributed by atoms with Crippen LogP contribution in [-0.2, 0) is 12.8 Å². The van der Waals surface area contributed by atoms with Crippen LogP contribution >= 0.6 is 0 Å². The largest absolute Gasteiger partial charge is 0.307 e. The first-order valence-corrected chi connectivity index (χ1v) is 8.81. The molecule has 0 aromatic heterocycles. The fourth-order valence-electron chi connectivity index (χ4n) is 3.65. The molecule has 2 heteroatoms. The summed E-state index contributed by atoms with van der Waals surface area (Å²) < 4.78 is 0. The molecular weight excluding hydrogens is 270 g/mol. The second-order valence-corrected chi connectivity index (χ2v) is 6.74. The highest BCUT2D eigenvalue weighted by atomic mass is 16.1. The predicted molar refractivity (Wildman–Crippen MR) is 91.4 cm³/mol. The molecule has 0 radical (unpaired) electrons. The lowest BCUT2D eigenvalue weighted by molar-refractivity contribution is 0.0951. The molecule has 3 rings (SSSR count). The van der Waals surface area contributed by atoms with Crippen LogP contribution in [0.1, 0.15) is 66.9 Å². The number of aryl methyl sites for hydroxylation is 2. The van der Waals surface area contributed by atoms with Crippen LogP contribution in [0.3, 0.4) is 0 Å². The van der Waals surface area contributed by atoms with E-state index in [2.05, 4.69) is 23.5 Å². The summed E-state index contributed by atoms with van der Waals surface area (Å²) in [5.74, 6) is 0.229. The van der Waals surface area contributed by atoms with E-state index in [9.17, 15) is 4.79 Å². The van der Waals surface area contributed by atoms with E-state index in [-0.39, 0.29) is 11.8 Å². The molecule has 0 saturated heterocycles. The van der Waals surface area contributed by atoms with Crippen molar-refractivity contribution in [3.05, 3.63) is 46.5 Å². The van der Waals surface area contributed by atoms with Gasteiger partial charge in [-0.2, -0.15) is 0 Å². The molecule has 0 spiro atoms. The maximum absolute atomic E-state index is 12.5. The van der Waals surface area contributed by atoms with Crippen LogP contribution in [0, 0.1) is 0 Å². The highest BCUT2D eigenvalue weighted by molar-refractivity contribution is 6.00. The molecule has 0 bridgehead atoms. The Balaban J connectivity index is 1.52. The molecule has 2 nitrogen and oxygen atoms in total. The maximum Gasteiger partial charge on any atom is 0.179 e. The Hall–Kier alpha value is -1.41. The summed E-state index contributed by atoms with van der Waals surface area (Å²) in [6.45, 7) is 2.90. The number of rotatable bonds is 6.